The van der Waals surface area contributed by atoms with Crippen molar-refractivity contribution in [1.82, 2.24) is 0 Å². The molecule has 4 heteroatoms. The third kappa shape index (κ3) is 4.84. The van der Waals surface area contributed by atoms with Gasteiger partial charge in [0.25, 0.3) is 0 Å². The maximum Gasteiger partial charge on any atom is 0.514 e. The average molecular weight is 241 g/mol. The summed E-state index contributed by atoms with van der Waals surface area (Å²) >= 11 is 5.66. The summed E-state index contributed by atoms with van der Waals surface area (Å²) in [5.74, 6) is 0. The van der Waals surface area contributed by atoms with E-state index in [1.807, 2.05) is 30.3 Å². The van der Waals surface area contributed by atoms with Crippen LogP contribution >= 0.6 is 11.6 Å². The first kappa shape index (κ1) is 12.6. The molecule has 0 amide bonds. The fourth-order valence-corrected chi connectivity index (χ4v) is 1.33. The summed E-state index contributed by atoms with van der Waals surface area (Å²) in [5.41, 5.74) is 1.21. The molecule has 0 radical (unpaired) electrons. The van der Waals surface area contributed by atoms with Crippen LogP contribution in [0.2, 0.25) is 0 Å². The van der Waals surface area contributed by atoms with Gasteiger partial charge in [0.1, 0.15) is 0 Å². The van der Waals surface area contributed by atoms with Gasteiger partial charge in [0.05, 0.1) is 7.11 Å². The predicted octanol–water partition coefficient (Wildman–Crippen LogP) is 3.48. The minimum Gasteiger partial charge on any atom is -0.437 e. The SMILES string of the molecule is COC(=O)O/C(Cl)=C/CCc1ccccc1. The van der Waals surface area contributed by atoms with Crippen LogP contribution in [0.3, 0.4) is 0 Å². The first-order valence-corrected chi connectivity index (χ1v) is 5.25. The summed E-state index contributed by atoms with van der Waals surface area (Å²) in [6, 6.07) is 9.98. The van der Waals surface area contributed by atoms with Gasteiger partial charge in [-0.1, -0.05) is 30.3 Å². The molecule has 0 spiro atoms. The second-order valence-corrected chi connectivity index (χ2v) is 3.46. The standard InChI is InChI=1S/C12H13ClO3/c1-15-12(14)16-11(13)9-5-8-10-6-3-2-4-7-10/h2-4,6-7,9H,5,8H2,1H3/b11-9+. The van der Waals surface area contributed by atoms with Crippen LogP contribution in [0.1, 0.15) is 12.0 Å². The number of rotatable bonds is 4. The molecule has 0 unspecified atom stereocenters. The molecule has 0 heterocycles. The van der Waals surface area contributed by atoms with Crippen LogP contribution in [-0.4, -0.2) is 13.3 Å². The normalized spacial score (nSPS) is 11.0. The number of halogens is 1. The number of benzene rings is 1. The van der Waals surface area contributed by atoms with Crippen molar-refractivity contribution >= 4 is 17.8 Å². The number of aryl methyl sites for hydroxylation is 1. The highest BCUT2D eigenvalue weighted by atomic mass is 35.5. The molecule has 1 aromatic carbocycles. The number of ether oxygens (including phenoxy) is 2. The number of methoxy groups -OCH3 is 1. The lowest BCUT2D eigenvalue weighted by Crippen LogP contribution is -2.01. The summed E-state index contributed by atoms with van der Waals surface area (Å²) in [6.07, 6.45) is 2.40. The Morgan fingerprint density at radius 1 is 1.38 bits per heavy atom. The fourth-order valence-electron chi connectivity index (χ4n) is 1.16. The van der Waals surface area contributed by atoms with Gasteiger partial charge in [-0.2, -0.15) is 0 Å². The monoisotopic (exact) mass is 240 g/mol. The third-order valence-electron chi connectivity index (χ3n) is 1.93. The van der Waals surface area contributed by atoms with E-state index >= 15 is 0 Å². The van der Waals surface area contributed by atoms with E-state index in [0.29, 0.717) is 6.42 Å². The molecule has 16 heavy (non-hydrogen) atoms. The highest BCUT2D eigenvalue weighted by Gasteiger charge is 2.02. The van der Waals surface area contributed by atoms with Gasteiger partial charge in [-0.3, -0.25) is 0 Å². The van der Waals surface area contributed by atoms with E-state index in [4.69, 9.17) is 11.6 Å². The summed E-state index contributed by atoms with van der Waals surface area (Å²) < 4.78 is 8.90. The molecular formula is C12H13ClO3. The topological polar surface area (TPSA) is 35.5 Å². The zero-order valence-electron chi connectivity index (χ0n) is 8.98. The van der Waals surface area contributed by atoms with Gasteiger partial charge in [0, 0.05) is 0 Å². The van der Waals surface area contributed by atoms with E-state index in [1.165, 1.54) is 12.7 Å². The second kappa shape index (κ2) is 6.90. The van der Waals surface area contributed by atoms with Crippen LogP contribution in [-0.2, 0) is 15.9 Å². The minimum atomic E-state index is -0.805. The third-order valence-corrected chi connectivity index (χ3v) is 2.16. The Kier molecular flexibility index (Phi) is 5.43. The highest BCUT2D eigenvalue weighted by Crippen LogP contribution is 2.09. The van der Waals surface area contributed by atoms with Crippen molar-refractivity contribution in [1.29, 1.82) is 0 Å². The first-order valence-electron chi connectivity index (χ1n) is 4.87. The van der Waals surface area contributed by atoms with Gasteiger partial charge in [0.2, 0.25) is 0 Å². The van der Waals surface area contributed by atoms with Gasteiger partial charge in [-0.15, -0.1) is 0 Å². The minimum absolute atomic E-state index is 0.0442. The van der Waals surface area contributed by atoms with E-state index in [9.17, 15) is 4.79 Å². The molecule has 86 valence electrons. The van der Waals surface area contributed by atoms with Crippen molar-refractivity contribution in [3.05, 3.63) is 47.2 Å². The van der Waals surface area contributed by atoms with Crippen LogP contribution in [0.4, 0.5) is 4.79 Å². The van der Waals surface area contributed by atoms with Crippen molar-refractivity contribution in [3.8, 4) is 0 Å². The number of carbonyl (C=O) groups is 1. The van der Waals surface area contributed by atoms with E-state index in [1.54, 1.807) is 6.08 Å². The van der Waals surface area contributed by atoms with Crippen molar-refractivity contribution in [3.63, 3.8) is 0 Å². The van der Waals surface area contributed by atoms with E-state index in [-0.39, 0.29) is 5.22 Å². The zero-order valence-corrected chi connectivity index (χ0v) is 9.74. The molecule has 3 nitrogen and oxygen atoms in total. The Morgan fingerprint density at radius 2 is 2.06 bits per heavy atom. The van der Waals surface area contributed by atoms with E-state index < -0.39 is 6.16 Å². The Labute approximate surface area is 99.6 Å². The first-order chi connectivity index (χ1) is 7.72. The van der Waals surface area contributed by atoms with Crippen LogP contribution < -0.4 is 0 Å². The average Bonchev–Trinajstić information content (AvgIpc) is 2.30. The quantitative estimate of drug-likeness (QED) is 0.597. The van der Waals surface area contributed by atoms with Crippen LogP contribution in [0, 0.1) is 0 Å². The molecular weight excluding hydrogens is 228 g/mol. The Balaban J connectivity index is 2.34. The van der Waals surface area contributed by atoms with Crippen LogP contribution in [0.15, 0.2) is 41.6 Å². The van der Waals surface area contributed by atoms with Crippen molar-refractivity contribution in [2.24, 2.45) is 0 Å². The molecule has 0 saturated carbocycles. The zero-order chi connectivity index (χ0) is 11.8. The fraction of sp³-hybridized carbons (Fsp3) is 0.250. The molecule has 0 aliphatic rings. The van der Waals surface area contributed by atoms with Gasteiger partial charge >= 0.3 is 6.16 Å². The Morgan fingerprint density at radius 3 is 2.69 bits per heavy atom. The molecule has 0 bridgehead atoms. The highest BCUT2D eigenvalue weighted by molar-refractivity contribution is 6.28. The second-order valence-electron chi connectivity index (χ2n) is 3.09. The molecule has 0 saturated heterocycles. The molecule has 0 aliphatic carbocycles. The lowest BCUT2D eigenvalue weighted by atomic mass is 10.1. The number of hydrogen-bond donors (Lipinski definition) is 0. The molecule has 1 aromatic rings. The van der Waals surface area contributed by atoms with E-state index in [0.717, 1.165) is 6.42 Å². The molecule has 0 aromatic heterocycles. The Hall–Kier alpha value is -1.48. The molecule has 0 N–H and O–H groups in total. The predicted molar refractivity (Wildman–Crippen MR) is 62.2 cm³/mol. The van der Waals surface area contributed by atoms with Gasteiger partial charge in [-0.05, 0) is 36.1 Å². The summed E-state index contributed by atoms with van der Waals surface area (Å²) in [4.78, 5) is 10.7. The molecule has 1 rings (SSSR count). The summed E-state index contributed by atoms with van der Waals surface area (Å²) in [6.45, 7) is 0. The van der Waals surface area contributed by atoms with Gasteiger partial charge in [0.15, 0.2) is 5.22 Å². The maximum absolute atomic E-state index is 10.7. The molecule has 0 aliphatic heterocycles. The van der Waals surface area contributed by atoms with Gasteiger partial charge < -0.3 is 9.47 Å². The summed E-state index contributed by atoms with van der Waals surface area (Å²) in [5, 5.41) is 0.0442. The van der Waals surface area contributed by atoms with E-state index in [2.05, 4.69) is 9.47 Å². The number of carbonyl (C=O) groups excluding carboxylic acids is 1. The van der Waals surface area contributed by atoms with Crippen molar-refractivity contribution < 1.29 is 14.3 Å². The van der Waals surface area contributed by atoms with Crippen LogP contribution in [0.25, 0.3) is 0 Å². The molecule has 0 fully saturated rings. The Bertz CT molecular complexity index is 360. The van der Waals surface area contributed by atoms with Crippen molar-refractivity contribution in [2.45, 2.75) is 12.8 Å². The van der Waals surface area contributed by atoms with Crippen molar-refractivity contribution in [2.75, 3.05) is 7.11 Å². The number of hydrogen-bond acceptors (Lipinski definition) is 3. The largest absolute Gasteiger partial charge is 0.514 e. The smallest absolute Gasteiger partial charge is 0.437 e. The lowest BCUT2D eigenvalue weighted by Gasteiger charge is -2.00. The maximum atomic E-state index is 10.7. The number of allylic oxidation sites excluding steroid dienone is 1. The lowest BCUT2D eigenvalue weighted by molar-refractivity contribution is 0.102. The summed E-state index contributed by atoms with van der Waals surface area (Å²) in [7, 11) is 1.23. The molecule has 0 atom stereocenters. The van der Waals surface area contributed by atoms with Crippen LogP contribution in [0.5, 0.6) is 0 Å². The van der Waals surface area contributed by atoms with Gasteiger partial charge in [-0.25, -0.2) is 4.79 Å².